The van der Waals surface area contributed by atoms with Gasteiger partial charge in [0, 0.05) is 11.6 Å². The Balaban J connectivity index is 0.000000772. The van der Waals surface area contributed by atoms with E-state index in [1.807, 2.05) is 12.3 Å². The first-order valence-corrected chi connectivity index (χ1v) is 19.5. The van der Waals surface area contributed by atoms with Gasteiger partial charge in [-0.15, -0.1) is 99.6 Å². The van der Waals surface area contributed by atoms with Crippen LogP contribution < -0.4 is 5.19 Å². The van der Waals surface area contributed by atoms with E-state index in [2.05, 4.69) is 129 Å². The maximum atomic E-state index is 4.63. The van der Waals surface area contributed by atoms with Crippen molar-refractivity contribution in [3.05, 3.63) is 124 Å². The van der Waals surface area contributed by atoms with Crippen molar-refractivity contribution in [2.45, 2.75) is 26.6 Å². The molecule has 2 radical (unpaired) electrons. The zero-order valence-corrected chi connectivity index (χ0v) is 29.7. The summed E-state index contributed by atoms with van der Waals surface area (Å²) in [6.45, 7) is 12.4. The van der Waals surface area contributed by atoms with E-state index in [1.54, 1.807) is 0 Å². The number of para-hydroxylation sites is 1. The molecule has 0 N–H and O–H groups in total. The Labute approximate surface area is 265 Å². The molecule has 0 aliphatic carbocycles. The van der Waals surface area contributed by atoms with Crippen LogP contribution in [-0.2, 0) is 23.3 Å². The maximum absolute atomic E-state index is 4.63. The van der Waals surface area contributed by atoms with Crippen LogP contribution in [0.1, 0.15) is 5.56 Å². The van der Waals surface area contributed by atoms with Crippen molar-refractivity contribution in [2.24, 2.45) is 0 Å². The molecule has 6 heteroatoms. The summed E-state index contributed by atoms with van der Waals surface area (Å²) in [6, 6.07) is 34.8. The van der Waals surface area contributed by atoms with Gasteiger partial charge in [0.15, 0.2) is 0 Å². The van der Waals surface area contributed by atoms with Gasteiger partial charge < -0.3 is 14.9 Å². The molecule has 6 aromatic rings. The summed E-state index contributed by atoms with van der Waals surface area (Å²) in [5.41, 5.74) is 4.94. The predicted molar refractivity (Wildman–Crippen MR) is 181 cm³/mol. The molecule has 39 heavy (non-hydrogen) atoms. The van der Waals surface area contributed by atoms with E-state index in [0.29, 0.717) is 0 Å². The van der Waals surface area contributed by atoms with Gasteiger partial charge in [-0.3, -0.25) is 4.98 Å². The van der Waals surface area contributed by atoms with Gasteiger partial charge in [-0.25, -0.2) is 0 Å². The predicted octanol–water partition coefficient (Wildman–Crippen LogP) is 9.55. The normalized spacial score (nSPS) is 9.92. The molecular weight excluding hydrogens is 629 g/mol. The van der Waals surface area contributed by atoms with Crippen LogP contribution in [0.4, 0.5) is 0 Å². The number of aromatic nitrogens is 1. The fourth-order valence-electron chi connectivity index (χ4n) is 4.53. The zero-order valence-electron chi connectivity index (χ0n) is 23.6. The van der Waals surface area contributed by atoms with Crippen molar-refractivity contribution in [3.63, 3.8) is 0 Å². The second-order valence-corrected chi connectivity index (χ2v) is 14.9. The average Bonchev–Trinajstić information content (AvgIpc) is 3.48. The van der Waals surface area contributed by atoms with Gasteiger partial charge in [-0.1, -0.05) is 68.5 Å². The van der Waals surface area contributed by atoms with Gasteiger partial charge in [-0.2, -0.15) is 12.1 Å². The van der Waals surface area contributed by atoms with E-state index in [1.165, 1.54) is 72.1 Å². The molecule has 0 fully saturated rings. The van der Waals surface area contributed by atoms with Crippen LogP contribution in [-0.4, -0.2) is 19.9 Å². The molecule has 1 nitrogen and oxygen atoms in total. The molecule has 0 spiro atoms. The van der Waals surface area contributed by atoms with Crippen LogP contribution in [0, 0.1) is 21.8 Å². The van der Waals surface area contributed by atoms with Gasteiger partial charge in [0.25, 0.3) is 0 Å². The number of pyridine rings is 1. The van der Waals surface area contributed by atoms with Gasteiger partial charge >= 0.3 is 30.2 Å². The number of nitrogens with zero attached hydrogens (tertiary/aromatic N) is 1. The molecule has 0 unspecified atom stereocenters. The standard InChI is InChI=1S/C21H20NSi.C10H9.2CH3.2ClH.Si.Zr/c1-23(2,3)17-13-16-8-5-10-18(20(16)14-17)19-11-4-7-15-9-6-12-22-21(15)19;1-8-6-9-4-2-3-5-10(9)7-8;;;;;;/h4-14H,1-3H3;2-7H,1H3;2*1H3;2*1H;;/q4*-1;;;;. The summed E-state index contributed by atoms with van der Waals surface area (Å²) >= 11 is 1.36. The van der Waals surface area contributed by atoms with Crippen molar-refractivity contribution < 1.29 is 23.3 Å². The monoisotopic (exact) mass is 663 g/mol. The van der Waals surface area contributed by atoms with Crippen LogP contribution in [0.3, 0.4) is 0 Å². The van der Waals surface area contributed by atoms with Crippen molar-refractivity contribution in [1.82, 2.24) is 4.98 Å². The van der Waals surface area contributed by atoms with Gasteiger partial charge in [0.1, 0.15) is 0 Å². The van der Waals surface area contributed by atoms with Crippen LogP contribution >= 0.6 is 24.8 Å². The molecule has 1 aromatic heterocycles. The van der Waals surface area contributed by atoms with E-state index in [-0.39, 0.29) is 39.7 Å². The summed E-state index contributed by atoms with van der Waals surface area (Å²) in [4.78, 5) is 4.63. The molecule has 5 aromatic carbocycles. The first kappa shape index (κ1) is 37.2. The summed E-state index contributed by atoms with van der Waals surface area (Å²) in [5.74, 6) is 0. The second-order valence-electron chi connectivity index (χ2n) is 9.84. The molecule has 0 saturated heterocycles. The summed E-state index contributed by atoms with van der Waals surface area (Å²) in [7, 11) is -1.31. The molecule has 6 rings (SSSR count). The number of halogens is 2. The Kier molecular flexibility index (Phi) is 15.7. The molecule has 0 bridgehead atoms. The Morgan fingerprint density at radius 2 is 1.28 bits per heavy atom. The minimum absolute atomic E-state index is 0. The molecule has 0 amide bonds. The third-order valence-electron chi connectivity index (χ3n) is 6.30. The van der Waals surface area contributed by atoms with E-state index in [4.69, 9.17) is 0 Å². The van der Waals surface area contributed by atoms with Crippen LogP contribution in [0.5, 0.6) is 0 Å². The van der Waals surface area contributed by atoms with Crippen molar-refractivity contribution in [2.75, 3.05) is 0 Å². The summed E-state index contributed by atoms with van der Waals surface area (Å²) in [6.07, 6.45) is 1.88. The van der Waals surface area contributed by atoms with Gasteiger partial charge in [0.2, 0.25) is 0 Å². The fraction of sp³-hybridized carbons (Fsp3) is 0.121. The Morgan fingerprint density at radius 1 is 0.692 bits per heavy atom. The molecule has 1 heterocycles. The Morgan fingerprint density at radius 3 is 1.97 bits per heavy atom. The van der Waals surface area contributed by atoms with Crippen molar-refractivity contribution in [3.8, 4) is 11.1 Å². The summed E-state index contributed by atoms with van der Waals surface area (Å²) in [5, 5.41) is 8.10. The number of benzene rings is 3. The topological polar surface area (TPSA) is 12.9 Å². The molecule has 0 atom stereocenters. The quantitative estimate of drug-likeness (QED) is 0.133. The molecule has 0 saturated carbocycles. The Hall–Kier alpha value is -1.81. The van der Waals surface area contributed by atoms with E-state index in [0.717, 1.165) is 5.52 Å². The second kappa shape index (κ2) is 16.5. The number of fused-ring (bicyclic) bond motifs is 3. The summed E-state index contributed by atoms with van der Waals surface area (Å²) < 4.78 is 0. The third-order valence-corrected chi connectivity index (χ3v) is 8.32. The number of hydrogen-bond acceptors (Lipinski definition) is 1. The average molecular weight is 666 g/mol. The van der Waals surface area contributed by atoms with Crippen molar-refractivity contribution in [1.29, 1.82) is 0 Å². The van der Waals surface area contributed by atoms with E-state index < -0.39 is 8.07 Å². The minimum atomic E-state index is -1.31. The van der Waals surface area contributed by atoms with Crippen LogP contribution in [0.15, 0.2) is 103 Å². The number of aryl methyl sites for hydroxylation is 1. The third kappa shape index (κ3) is 8.59. The zero-order chi connectivity index (χ0) is 25.0. The van der Waals surface area contributed by atoms with Gasteiger partial charge in [-0.05, 0) is 11.6 Å². The van der Waals surface area contributed by atoms with E-state index >= 15 is 0 Å². The number of hydrogen-bond donors (Lipinski definition) is 0. The Bertz CT molecular complexity index is 1560. The van der Waals surface area contributed by atoms with E-state index in [9.17, 15) is 0 Å². The van der Waals surface area contributed by atoms with Crippen molar-refractivity contribution >= 4 is 77.4 Å². The molecule has 0 aliphatic heterocycles. The van der Waals surface area contributed by atoms with Crippen LogP contribution in [0.2, 0.25) is 19.6 Å². The first-order chi connectivity index (χ1) is 16.9. The first-order valence-electron chi connectivity index (χ1n) is 11.8. The number of rotatable bonds is 2. The van der Waals surface area contributed by atoms with Crippen LogP contribution in [0.25, 0.3) is 43.6 Å². The fourth-order valence-corrected chi connectivity index (χ4v) is 5.70. The molecule has 204 valence electrons. The molecule has 0 aliphatic rings. The molecular formula is C33H37Cl2NSi2Zr-4. The SMILES string of the molecule is C[Si](C)(C)c1cc2c(-c3cccc4cccnc34)cccc2[cH-]1.Cc1cc2ccccc2[cH-]1.Cl.Cl.[CH3-].[CH3-].[Si]=[Zr]. The van der Waals surface area contributed by atoms with Gasteiger partial charge in [0.05, 0.1) is 13.6 Å².